The highest BCUT2D eigenvalue weighted by Crippen LogP contribution is 2.21. The van der Waals surface area contributed by atoms with E-state index in [1.165, 1.54) is 13.1 Å². The highest BCUT2D eigenvalue weighted by Gasteiger charge is 2.21. The Hall–Kier alpha value is -2.58. The van der Waals surface area contributed by atoms with Crippen molar-refractivity contribution in [3.05, 3.63) is 40.4 Å². The Labute approximate surface area is 109 Å². The second kappa shape index (κ2) is 4.22. The summed E-state index contributed by atoms with van der Waals surface area (Å²) in [5, 5.41) is 6.57. The largest absolute Gasteiger partial charge is 0.401 e. The van der Waals surface area contributed by atoms with Crippen molar-refractivity contribution < 1.29 is 17.6 Å². The molecule has 0 bridgehead atoms. The number of aryl methyl sites for hydroxylation is 1. The van der Waals surface area contributed by atoms with Crippen molar-refractivity contribution in [2.45, 2.75) is 6.43 Å². The molecule has 2 heterocycles. The van der Waals surface area contributed by atoms with E-state index in [1.807, 2.05) is 0 Å². The molecule has 0 saturated heterocycles. The minimum absolute atomic E-state index is 0.281. The number of fused-ring (bicyclic) bond motifs is 1. The number of rotatable bonds is 2. The molecule has 0 aliphatic rings. The molecular weight excluding hydrogens is 277 g/mol. The van der Waals surface area contributed by atoms with Crippen molar-refractivity contribution in [2.24, 2.45) is 7.05 Å². The number of hydrogen-bond donors (Lipinski definition) is 0. The molecule has 0 saturated carbocycles. The zero-order valence-corrected chi connectivity index (χ0v) is 10.0. The van der Waals surface area contributed by atoms with Crippen LogP contribution in [0.4, 0.5) is 13.2 Å². The molecule has 0 unspecified atom stereocenters. The van der Waals surface area contributed by atoms with Crippen LogP contribution in [0.5, 0.6) is 0 Å². The summed E-state index contributed by atoms with van der Waals surface area (Å²) in [6.45, 7) is 0. The summed E-state index contributed by atoms with van der Waals surface area (Å²) in [6, 6.07) is 3.24. The number of alkyl halides is 2. The fourth-order valence-electron chi connectivity index (χ4n) is 1.90. The van der Waals surface area contributed by atoms with Crippen LogP contribution in [0.15, 0.2) is 27.4 Å². The van der Waals surface area contributed by atoms with Crippen molar-refractivity contribution in [1.29, 1.82) is 0 Å². The van der Waals surface area contributed by atoms with Gasteiger partial charge >= 0.3 is 18.1 Å². The molecule has 1 aromatic carbocycles. The van der Waals surface area contributed by atoms with E-state index < -0.39 is 23.8 Å². The monoisotopic (exact) mass is 284 g/mol. The highest BCUT2D eigenvalue weighted by molar-refractivity contribution is 5.77. The van der Waals surface area contributed by atoms with Gasteiger partial charge in [0.15, 0.2) is 0 Å². The second-order valence-corrected chi connectivity index (χ2v) is 4.03. The molecule has 0 spiro atoms. The first kappa shape index (κ1) is 12.5. The molecule has 0 radical (unpaired) electrons. The van der Waals surface area contributed by atoms with Crippen molar-refractivity contribution in [1.82, 2.24) is 19.3 Å². The Morgan fingerprint density at radius 1 is 1.25 bits per heavy atom. The molecule has 6 nitrogen and oxygen atoms in total. The van der Waals surface area contributed by atoms with Gasteiger partial charge in [-0.1, -0.05) is 5.10 Å². The van der Waals surface area contributed by atoms with Gasteiger partial charge in [-0.3, -0.25) is 4.57 Å². The van der Waals surface area contributed by atoms with Gasteiger partial charge in [0, 0.05) is 7.05 Å². The highest BCUT2D eigenvalue weighted by atomic mass is 19.3. The van der Waals surface area contributed by atoms with Crippen LogP contribution in [0.3, 0.4) is 0 Å². The van der Waals surface area contributed by atoms with Gasteiger partial charge in [0.1, 0.15) is 5.82 Å². The van der Waals surface area contributed by atoms with Crippen LogP contribution in [0, 0.1) is 5.82 Å². The molecule has 104 valence electrons. The first-order chi connectivity index (χ1) is 9.49. The second-order valence-electron chi connectivity index (χ2n) is 4.03. The van der Waals surface area contributed by atoms with Crippen molar-refractivity contribution >= 4 is 11.0 Å². The van der Waals surface area contributed by atoms with Crippen LogP contribution in [0.2, 0.25) is 0 Å². The molecule has 0 N–H and O–H groups in total. The molecule has 0 atom stereocenters. The van der Waals surface area contributed by atoms with Gasteiger partial charge in [0.25, 0.3) is 5.89 Å². The molecule has 0 aliphatic carbocycles. The lowest BCUT2D eigenvalue weighted by molar-refractivity contribution is 0.115. The van der Waals surface area contributed by atoms with E-state index in [0.717, 1.165) is 21.3 Å². The van der Waals surface area contributed by atoms with Gasteiger partial charge in [-0.15, -0.1) is 5.10 Å². The number of imidazole rings is 1. The van der Waals surface area contributed by atoms with Gasteiger partial charge in [0.2, 0.25) is 0 Å². The maximum absolute atomic E-state index is 13.2. The average Bonchev–Trinajstić information content (AvgIpc) is 2.96. The quantitative estimate of drug-likeness (QED) is 0.719. The fraction of sp³-hybridized carbons (Fsp3) is 0.182. The maximum Gasteiger partial charge on any atom is 0.337 e. The summed E-state index contributed by atoms with van der Waals surface area (Å²) in [4.78, 5) is 12.1. The topological polar surface area (TPSA) is 65.8 Å². The van der Waals surface area contributed by atoms with Gasteiger partial charge in [-0.25, -0.2) is 13.8 Å². The minimum atomic E-state index is -2.93. The zero-order valence-electron chi connectivity index (χ0n) is 10.0. The first-order valence-corrected chi connectivity index (χ1v) is 5.48. The fourth-order valence-corrected chi connectivity index (χ4v) is 1.90. The molecule has 3 aromatic rings. The van der Waals surface area contributed by atoms with Crippen LogP contribution in [0.25, 0.3) is 17.0 Å². The van der Waals surface area contributed by atoms with E-state index in [2.05, 4.69) is 10.2 Å². The number of nitrogens with zero attached hydrogens (tertiary/aromatic N) is 4. The Kier molecular flexibility index (Phi) is 2.63. The van der Waals surface area contributed by atoms with Gasteiger partial charge in [0.05, 0.1) is 11.0 Å². The molecule has 9 heteroatoms. The van der Waals surface area contributed by atoms with E-state index in [1.54, 1.807) is 0 Å². The van der Waals surface area contributed by atoms with Gasteiger partial charge < -0.3 is 4.42 Å². The van der Waals surface area contributed by atoms with E-state index in [9.17, 15) is 18.0 Å². The van der Waals surface area contributed by atoms with Crippen molar-refractivity contribution in [3.8, 4) is 6.01 Å². The molecule has 0 aliphatic heterocycles. The number of hydrogen-bond acceptors (Lipinski definition) is 4. The predicted molar refractivity (Wildman–Crippen MR) is 61.3 cm³/mol. The van der Waals surface area contributed by atoms with Gasteiger partial charge in [-0.2, -0.15) is 8.78 Å². The van der Waals surface area contributed by atoms with E-state index >= 15 is 0 Å². The Balaban J connectivity index is 2.30. The Bertz CT molecular complexity index is 849. The summed E-state index contributed by atoms with van der Waals surface area (Å²) >= 11 is 0. The number of halogens is 3. The van der Waals surface area contributed by atoms with E-state index in [-0.39, 0.29) is 17.0 Å². The molecule has 2 aromatic heterocycles. The average molecular weight is 284 g/mol. The zero-order chi connectivity index (χ0) is 14.4. The third-order valence-corrected chi connectivity index (χ3v) is 2.83. The van der Waals surface area contributed by atoms with Crippen LogP contribution < -0.4 is 5.69 Å². The lowest BCUT2D eigenvalue weighted by atomic mass is 10.3. The summed E-state index contributed by atoms with van der Waals surface area (Å²) in [5.41, 5.74) is -0.0368. The lowest BCUT2D eigenvalue weighted by Crippen LogP contribution is -2.21. The van der Waals surface area contributed by atoms with Crippen LogP contribution >= 0.6 is 0 Å². The minimum Gasteiger partial charge on any atom is -0.401 e. The summed E-state index contributed by atoms with van der Waals surface area (Å²) < 4.78 is 44.9. The number of benzene rings is 1. The predicted octanol–water partition coefficient (Wildman–Crippen LogP) is 1.79. The summed E-state index contributed by atoms with van der Waals surface area (Å²) in [7, 11) is 1.42. The van der Waals surface area contributed by atoms with Gasteiger partial charge in [-0.05, 0) is 18.2 Å². The Morgan fingerprint density at radius 2 is 2.00 bits per heavy atom. The third kappa shape index (κ3) is 1.70. The Morgan fingerprint density at radius 3 is 2.65 bits per heavy atom. The van der Waals surface area contributed by atoms with E-state index in [4.69, 9.17) is 4.42 Å². The normalized spacial score (nSPS) is 11.7. The first-order valence-electron chi connectivity index (χ1n) is 5.48. The van der Waals surface area contributed by atoms with Crippen LogP contribution in [0.1, 0.15) is 12.3 Å². The maximum atomic E-state index is 13.2. The van der Waals surface area contributed by atoms with Crippen molar-refractivity contribution in [3.63, 3.8) is 0 Å². The molecule has 0 fully saturated rings. The standard InChI is InChI=1S/C11H7F3N4O2/c1-17-7-4-5(12)2-3-6(7)18(11(17)19)10-16-15-9(20-10)8(13)14/h2-4,8H,1H3. The van der Waals surface area contributed by atoms with Crippen LogP contribution in [-0.2, 0) is 7.05 Å². The lowest BCUT2D eigenvalue weighted by Gasteiger charge is -1.96. The smallest absolute Gasteiger partial charge is 0.337 e. The van der Waals surface area contributed by atoms with E-state index in [0.29, 0.717) is 0 Å². The molecule has 3 rings (SSSR count). The molecular formula is C11H7F3N4O2. The summed E-state index contributed by atoms with van der Waals surface area (Å²) in [6.07, 6.45) is -2.93. The van der Waals surface area contributed by atoms with Crippen LogP contribution in [-0.4, -0.2) is 19.3 Å². The van der Waals surface area contributed by atoms with Crippen molar-refractivity contribution in [2.75, 3.05) is 0 Å². The molecule has 0 amide bonds. The number of aromatic nitrogens is 4. The summed E-state index contributed by atoms with van der Waals surface area (Å²) in [5.74, 6) is -1.41. The SMILES string of the molecule is Cn1c(=O)n(-c2nnc(C(F)F)o2)c2ccc(F)cc21. The third-order valence-electron chi connectivity index (χ3n) is 2.83. The molecule has 20 heavy (non-hydrogen) atoms.